The molecule has 2 aliphatic heterocycles. The molecule has 3 aliphatic rings. The van der Waals surface area contributed by atoms with Crippen LogP contribution < -0.4 is 4.90 Å². The number of aryl methyl sites for hydroxylation is 2. The number of carbonyl (C=O) groups excluding carboxylic acids is 2. The van der Waals surface area contributed by atoms with E-state index in [1.807, 2.05) is 23.6 Å². The molecule has 1 saturated carbocycles. The summed E-state index contributed by atoms with van der Waals surface area (Å²) in [7, 11) is 0. The summed E-state index contributed by atoms with van der Waals surface area (Å²) < 4.78 is 0. The van der Waals surface area contributed by atoms with Gasteiger partial charge >= 0.3 is 0 Å². The van der Waals surface area contributed by atoms with Gasteiger partial charge in [0.15, 0.2) is 0 Å². The van der Waals surface area contributed by atoms with E-state index >= 15 is 0 Å². The fourth-order valence-corrected chi connectivity index (χ4v) is 5.41. The summed E-state index contributed by atoms with van der Waals surface area (Å²) in [6.45, 7) is 8.75. The number of piperidine rings is 1. The highest BCUT2D eigenvalue weighted by Gasteiger charge is 2.34. The fourth-order valence-electron chi connectivity index (χ4n) is 5.41. The highest BCUT2D eigenvalue weighted by Crippen LogP contribution is 2.28. The molecule has 1 aliphatic carbocycles. The Labute approximate surface area is 180 Å². The van der Waals surface area contributed by atoms with Gasteiger partial charge in [-0.25, -0.2) is 0 Å². The largest absolute Gasteiger partial charge is 0.368 e. The molecular formula is C24H36N4O2. The quantitative estimate of drug-likeness (QED) is 0.762. The van der Waals surface area contributed by atoms with E-state index < -0.39 is 0 Å². The van der Waals surface area contributed by atoms with Gasteiger partial charge in [-0.1, -0.05) is 19.3 Å². The average Bonchev–Trinajstić information content (AvgIpc) is 2.75. The van der Waals surface area contributed by atoms with Crippen LogP contribution in [0.25, 0.3) is 0 Å². The summed E-state index contributed by atoms with van der Waals surface area (Å²) in [5, 5.41) is 0. The summed E-state index contributed by atoms with van der Waals surface area (Å²) in [5.41, 5.74) is 3.27. The molecule has 6 heteroatoms. The van der Waals surface area contributed by atoms with Crippen LogP contribution in [0.4, 0.5) is 5.69 Å². The smallest absolute Gasteiger partial charge is 0.227 e. The van der Waals surface area contributed by atoms with Crippen LogP contribution in [0, 0.1) is 25.7 Å². The Hall–Kier alpha value is -2.11. The predicted octanol–water partition coefficient (Wildman–Crippen LogP) is 3.17. The molecule has 164 valence electrons. The fraction of sp³-hybridized carbons (Fsp3) is 0.708. The maximum atomic E-state index is 13.2. The van der Waals surface area contributed by atoms with Crippen molar-refractivity contribution in [1.29, 1.82) is 0 Å². The number of anilines is 1. The molecule has 1 aromatic rings. The highest BCUT2D eigenvalue weighted by atomic mass is 16.2. The van der Waals surface area contributed by atoms with Gasteiger partial charge in [0, 0.05) is 62.8 Å². The number of aromatic nitrogens is 1. The first-order chi connectivity index (χ1) is 14.5. The molecule has 1 atom stereocenters. The summed E-state index contributed by atoms with van der Waals surface area (Å²) in [6, 6.07) is 4.25. The molecule has 0 aromatic carbocycles. The lowest BCUT2D eigenvalue weighted by Gasteiger charge is -2.40. The van der Waals surface area contributed by atoms with Gasteiger partial charge < -0.3 is 14.7 Å². The van der Waals surface area contributed by atoms with Crippen LogP contribution >= 0.6 is 0 Å². The molecule has 0 spiro atoms. The summed E-state index contributed by atoms with van der Waals surface area (Å²) in [6.07, 6.45) is 7.61. The zero-order valence-corrected chi connectivity index (χ0v) is 18.6. The number of hydrogen-bond donors (Lipinski definition) is 0. The van der Waals surface area contributed by atoms with Gasteiger partial charge in [0.25, 0.3) is 0 Å². The van der Waals surface area contributed by atoms with Gasteiger partial charge in [-0.05, 0) is 51.2 Å². The molecule has 3 fully saturated rings. The van der Waals surface area contributed by atoms with Crippen LogP contribution in [0.15, 0.2) is 12.1 Å². The Morgan fingerprint density at radius 1 is 1.00 bits per heavy atom. The van der Waals surface area contributed by atoms with Crippen molar-refractivity contribution in [3.05, 3.63) is 23.5 Å². The summed E-state index contributed by atoms with van der Waals surface area (Å²) in [5.74, 6) is 1.10. The van der Waals surface area contributed by atoms with E-state index in [1.165, 1.54) is 37.8 Å². The third-order valence-electron chi connectivity index (χ3n) is 7.08. The third-order valence-corrected chi connectivity index (χ3v) is 7.08. The molecule has 2 amide bonds. The molecule has 1 aromatic heterocycles. The van der Waals surface area contributed by atoms with E-state index in [0.29, 0.717) is 25.3 Å². The number of amides is 2. The third kappa shape index (κ3) is 4.96. The monoisotopic (exact) mass is 412 g/mol. The summed E-state index contributed by atoms with van der Waals surface area (Å²) >= 11 is 0. The van der Waals surface area contributed by atoms with Crippen molar-refractivity contribution in [1.82, 2.24) is 14.8 Å². The number of likely N-dealkylation sites (tertiary alicyclic amines) is 1. The standard InChI is InChI=1S/C24H36N4O2/c1-18-14-22(15-19(2)25-18)26-10-12-27(13-11-26)24(30)21-8-9-23(29)28(17-21)16-20-6-4-3-5-7-20/h14-15,20-21H,3-13,16-17H2,1-2H3/t21-/m0/s1. The highest BCUT2D eigenvalue weighted by molar-refractivity contribution is 5.84. The maximum Gasteiger partial charge on any atom is 0.227 e. The second kappa shape index (κ2) is 9.36. The lowest BCUT2D eigenvalue weighted by atomic mass is 9.87. The van der Waals surface area contributed by atoms with E-state index in [2.05, 4.69) is 22.0 Å². The maximum absolute atomic E-state index is 13.2. The van der Waals surface area contributed by atoms with E-state index in [9.17, 15) is 9.59 Å². The minimum atomic E-state index is -0.0248. The number of nitrogens with zero attached hydrogens (tertiary/aromatic N) is 4. The first-order valence-electron chi connectivity index (χ1n) is 11.8. The zero-order valence-electron chi connectivity index (χ0n) is 18.6. The first-order valence-corrected chi connectivity index (χ1v) is 11.8. The Kier molecular flexibility index (Phi) is 6.59. The van der Waals surface area contributed by atoms with Crippen molar-refractivity contribution in [3.8, 4) is 0 Å². The first kappa shape index (κ1) is 21.1. The Morgan fingerprint density at radius 2 is 1.67 bits per heavy atom. The number of carbonyl (C=O) groups is 2. The average molecular weight is 413 g/mol. The van der Waals surface area contributed by atoms with E-state index in [0.717, 1.165) is 44.1 Å². The number of rotatable bonds is 4. The topological polar surface area (TPSA) is 56.8 Å². The molecule has 2 saturated heterocycles. The lowest BCUT2D eigenvalue weighted by molar-refractivity contribution is -0.143. The van der Waals surface area contributed by atoms with Gasteiger partial charge in [-0.15, -0.1) is 0 Å². The van der Waals surface area contributed by atoms with Crippen LogP contribution in [-0.4, -0.2) is 65.9 Å². The number of pyridine rings is 1. The van der Waals surface area contributed by atoms with Crippen LogP contribution in [-0.2, 0) is 9.59 Å². The van der Waals surface area contributed by atoms with Gasteiger partial charge in [0.2, 0.25) is 11.8 Å². The minimum Gasteiger partial charge on any atom is -0.368 e. The number of hydrogen-bond acceptors (Lipinski definition) is 4. The molecule has 3 heterocycles. The van der Waals surface area contributed by atoms with E-state index in [4.69, 9.17) is 0 Å². The second-order valence-electron chi connectivity index (χ2n) is 9.46. The molecule has 4 rings (SSSR count). The number of piperazine rings is 1. The molecule has 0 bridgehead atoms. The molecule has 0 N–H and O–H groups in total. The SMILES string of the molecule is Cc1cc(N2CCN(C(=O)[C@H]3CCC(=O)N(CC4CCCCC4)C3)CC2)cc(C)n1. The Morgan fingerprint density at radius 3 is 2.33 bits per heavy atom. The molecule has 30 heavy (non-hydrogen) atoms. The molecule has 0 radical (unpaired) electrons. The van der Waals surface area contributed by atoms with Crippen LogP contribution in [0.2, 0.25) is 0 Å². The van der Waals surface area contributed by atoms with Crippen LogP contribution in [0.5, 0.6) is 0 Å². The van der Waals surface area contributed by atoms with Crippen LogP contribution in [0.1, 0.15) is 56.3 Å². The normalized spacial score (nSPS) is 23.7. The van der Waals surface area contributed by atoms with Crippen molar-refractivity contribution in [3.63, 3.8) is 0 Å². The van der Waals surface area contributed by atoms with Gasteiger partial charge in [0.1, 0.15) is 0 Å². The van der Waals surface area contributed by atoms with Crippen molar-refractivity contribution in [2.45, 2.75) is 58.8 Å². The van der Waals surface area contributed by atoms with Gasteiger partial charge in [0.05, 0.1) is 5.92 Å². The van der Waals surface area contributed by atoms with Gasteiger partial charge in [-0.3, -0.25) is 14.6 Å². The summed E-state index contributed by atoms with van der Waals surface area (Å²) in [4.78, 5) is 36.5. The lowest BCUT2D eigenvalue weighted by Crippen LogP contribution is -2.53. The van der Waals surface area contributed by atoms with Crippen molar-refractivity contribution >= 4 is 17.5 Å². The van der Waals surface area contributed by atoms with E-state index in [1.54, 1.807) is 0 Å². The van der Waals surface area contributed by atoms with Crippen molar-refractivity contribution in [2.24, 2.45) is 11.8 Å². The minimum absolute atomic E-state index is 0.0248. The predicted molar refractivity (Wildman–Crippen MR) is 118 cm³/mol. The Balaban J connectivity index is 1.31. The van der Waals surface area contributed by atoms with E-state index in [-0.39, 0.29) is 17.7 Å². The second-order valence-corrected chi connectivity index (χ2v) is 9.46. The zero-order chi connectivity index (χ0) is 21.1. The van der Waals surface area contributed by atoms with Crippen molar-refractivity contribution in [2.75, 3.05) is 44.2 Å². The molecular weight excluding hydrogens is 376 g/mol. The van der Waals surface area contributed by atoms with Crippen LogP contribution in [0.3, 0.4) is 0 Å². The van der Waals surface area contributed by atoms with Crippen molar-refractivity contribution < 1.29 is 9.59 Å². The Bertz CT molecular complexity index is 746. The molecule has 0 unspecified atom stereocenters. The molecule has 6 nitrogen and oxygen atoms in total. The van der Waals surface area contributed by atoms with Gasteiger partial charge in [-0.2, -0.15) is 0 Å².